The molecule has 1 aromatic carbocycles. The summed E-state index contributed by atoms with van der Waals surface area (Å²) in [5, 5.41) is 3.98. The number of nitrogens with two attached hydrogens (primary N) is 1. The van der Waals surface area contributed by atoms with Gasteiger partial charge in [-0.15, -0.1) is 0 Å². The van der Waals surface area contributed by atoms with Crippen LogP contribution in [0.5, 0.6) is 0 Å². The van der Waals surface area contributed by atoms with Gasteiger partial charge < -0.3 is 11.1 Å². The van der Waals surface area contributed by atoms with Gasteiger partial charge in [-0.05, 0) is 38.4 Å². The lowest BCUT2D eigenvalue weighted by Crippen LogP contribution is -2.21. The van der Waals surface area contributed by atoms with Gasteiger partial charge in [0.2, 0.25) is 5.91 Å². The molecule has 4 heteroatoms. The summed E-state index contributed by atoms with van der Waals surface area (Å²) in [6.07, 6.45) is 1.68. The molecular formula is C16H21N3O. The molecule has 2 aromatic rings. The third-order valence-corrected chi connectivity index (χ3v) is 3.39. The van der Waals surface area contributed by atoms with E-state index in [4.69, 9.17) is 5.73 Å². The first kappa shape index (κ1) is 14.5. The first-order valence-corrected chi connectivity index (χ1v) is 6.99. The number of rotatable bonds is 5. The van der Waals surface area contributed by atoms with Crippen LogP contribution in [0.3, 0.4) is 0 Å². The number of fused-ring (bicyclic) bond motifs is 1. The quantitative estimate of drug-likeness (QED) is 0.878. The minimum absolute atomic E-state index is 0.0363. The number of aryl methyl sites for hydroxylation is 1. The Morgan fingerprint density at radius 2 is 2.15 bits per heavy atom. The normalized spacial score (nSPS) is 12.3. The minimum atomic E-state index is -0.0363. The highest BCUT2D eigenvalue weighted by Crippen LogP contribution is 2.23. The fourth-order valence-corrected chi connectivity index (χ4v) is 2.22. The van der Waals surface area contributed by atoms with Crippen molar-refractivity contribution in [2.24, 2.45) is 11.7 Å². The zero-order valence-corrected chi connectivity index (χ0v) is 12.0. The molecule has 0 radical (unpaired) electrons. The Labute approximate surface area is 119 Å². The third kappa shape index (κ3) is 3.33. The maximum atomic E-state index is 12.2. The van der Waals surface area contributed by atoms with E-state index in [1.807, 2.05) is 44.2 Å². The summed E-state index contributed by atoms with van der Waals surface area (Å²) in [4.78, 5) is 16.7. The summed E-state index contributed by atoms with van der Waals surface area (Å²) in [5.41, 5.74) is 8.11. The van der Waals surface area contributed by atoms with Gasteiger partial charge in [0.05, 0.1) is 11.2 Å². The van der Waals surface area contributed by atoms with E-state index in [9.17, 15) is 4.79 Å². The van der Waals surface area contributed by atoms with Crippen LogP contribution in [0.4, 0.5) is 5.69 Å². The second-order valence-electron chi connectivity index (χ2n) is 5.15. The summed E-state index contributed by atoms with van der Waals surface area (Å²) >= 11 is 0. The number of anilines is 1. The molecule has 1 unspecified atom stereocenters. The van der Waals surface area contributed by atoms with Crippen LogP contribution in [-0.4, -0.2) is 17.4 Å². The van der Waals surface area contributed by atoms with Crippen molar-refractivity contribution in [2.75, 3.05) is 11.9 Å². The number of nitrogens with zero attached hydrogens (tertiary/aromatic N) is 1. The summed E-state index contributed by atoms with van der Waals surface area (Å²) in [6, 6.07) is 9.74. The number of hydrogen-bond acceptors (Lipinski definition) is 3. The van der Waals surface area contributed by atoms with Crippen molar-refractivity contribution in [3.63, 3.8) is 0 Å². The summed E-state index contributed by atoms with van der Waals surface area (Å²) in [7, 11) is 0. The van der Waals surface area contributed by atoms with Crippen molar-refractivity contribution in [1.82, 2.24) is 4.98 Å². The highest BCUT2D eigenvalue weighted by Gasteiger charge is 2.14. The lowest BCUT2D eigenvalue weighted by atomic mass is 10.0. The van der Waals surface area contributed by atoms with E-state index in [2.05, 4.69) is 10.3 Å². The number of hydrogen-bond donors (Lipinski definition) is 2. The standard InChI is InChI=1S/C16H21N3O/c1-11(6-5-9-17)16(20)19-15-10-12(2)18-14-8-4-3-7-13(14)15/h3-4,7-8,10-11H,5-6,9,17H2,1-2H3,(H,18,19,20). The molecule has 1 aromatic heterocycles. The molecule has 0 aliphatic rings. The van der Waals surface area contributed by atoms with Crippen LogP contribution in [0.15, 0.2) is 30.3 Å². The predicted molar refractivity (Wildman–Crippen MR) is 82.6 cm³/mol. The SMILES string of the molecule is Cc1cc(NC(=O)C(C)CCCN)c2ccccc2n1. The Balaban J connectivity index is 2.23. The minimum Gasteiger partial charge on any atom is -0.330 e. The number of carbonyl (C=O) groups is 1. The highest BCUT2D eigenvalue weighted by atomic mass is 16.1. The summed E-state index contributed by atoms with van der Waals surface area (Å²) < 4.78 is 0. The van der Waals surface area contributed by atoms with Crippen molar-refractivity contribution in [1.29, 1.82) is 0 Å². The lowest BCUT2D eigenvalue weighted by molar-refractivity contribution is -0.119. The number of amides is 1. The van der Waals surface area contributed by atoms with Crippen LogP contribution in [-0.2, 0) is 4.79 Å². The zero-order valence-electron chi connectivity index (χ0n) is 12.0. The van der Waals surface area contributed by atoms with Crippen molar-refractivity contribution in [2.45, 2.75) is 26.7 Å². The molecule has 1 heterocycles. The van der Waals surface area contributed by atoms with E-state index < -0.39 is 0 Å². The van der Waals surface area contributed by atoms with Gasteiger partial charge >= 0.3 is 0 Å². The van der Waals surface area contributed by atoms with Gasteiger partial charge in [0.15, 0.2) is 0 Å². The van der Waals surface area contributed by atoms with Crippen LogP contribution >= 0.6 is 0 Å². The maximum absolute atomic E-state index is 12.2. The molecule has 3 N–H and O–H groups in total. The maximum Gasteiger partial charge on any atom is 0.227 e. The Bertz CT molecular complexity index is 610. The molecule has 0 aliphatic carbocycles. The summed E-state index contributed by atoms with van der Waals surface area (Å²) in [6.45, 7) is 4.48. The first-order chi connectivity index (χ1) is 9.61. The molecule has 2 rings (SSSR count). The molecule has 4 nitrogen and oxygen atoms in total. The van der Waals surface area contributed by atoms with Gasteiger partial charge in [0.25, 0.3) is 0 Å². The Morgan fingerprint density at radius 3 is 2.90 bits per heavy atom. The molecule has 0 saturated carbocycles. The number of nitrogens with one attached hydrogen (secondary N) is 1. The Morgan fingerprint density at radius 1 is 1.40 bits per heavy atom. The monoisotopic (exact) mass is 271 g/mol. The van der Waals surface area contributed by atoms with Crippen molar-refractivity contribution in [3.05, 3.63) is 36.0 Å². The van der Waals surface area contributed by atoms with Gasteiger partial charge in [-0.25, -0.2) is 0 Å². The first-order valence-electron chi connectivity index (χ1n) is 6.99. The Hall–Kier alpha value is -1.94. The largest absolute Gasteiger partial charge is 0.330 e. The van der Waals surface area contributed by atoms with E-state index in [0.29, 0.717) is 6.54 Å². The van der Waals surface area contributed by atoms with E-state index in [0.717, 1.165) is 35.1 Å². The summed E-state index contributed by atoms with van der Waals surface area (Å²) in [5.74, 6) is -0.0000123. The third-order valence-electron chi connectivity index (χ3n) is 3.39. The molecule has 0 fully saturated rings. The van der Waals surface area contributed by atoms with Crippen LogP contribution in [0.1, 0.15) is 25.5 Å². The molecule has 106 valence electrons. The molecule has 0 spiro atoms. The van der Waals surface area contributed by atoms with Crippen LogP contribution in [0, 0.1) is 12.8 Å². The molecule has 1 amide bonds. The number of pyridine rings is 1. The number of carbonyl (C=O) groups excluding carboxylic acids is 1. The lowest BCUT2D eigenvalue weighted by Gasteiger charge is -2.14. The Kier molecular flexibility index (Phi) is 4.69. The van der Waals surface area contributed by atoms with Gasteiger partial charge in [-0.1, -0.05) is 25.1 Å². The zero-order chi connectivity index (χ0) is 14.5. The average molecular weight is 271 g/mol. The van der Waals surface area contributed by atoms with Crippen molar-refractivity contribution < 1.29 is 4.79 Å². The van der Waals surface area contributed by atoms with Gasteiger partial charge in [0, 0.05) is 17.0 Å². The topological polar surface area (TPSA) is 68.0 Å². The molecule has 0 saturated heterocycles. The average Bonchev–Trinajstić information content (AvgIpc) is 2.44. The van der Waals surface area contributed by atoms with Gasteiger partial charge in [-0.2, -0.15) is 0 Å². The molecule has 20 heavy (non-hydrogen) atoms. The van der Waals surface area contributed by atoms with Gasteiger partial charge in [0.1, 0.15) is 0 Å². The van der Waals surface area contributed by atoms with Gasteiger partial charge in [-0.3, -0.25) is 9.78 Å². The highest BCUT2D eigenvalue weighted by molar-refractivity contribution is 6.01. The second kappa shape index (κ2) is 6.48. The van der Waals surface area contributed by atoms with Crippen LogP contribution < -0.4 is 11.1 Å². The smallest absolute Gasteiger partial charge is 0.227 e. The number of para-hydroxylation sites is 1. The fraction of sp³-hybridized carbons (Fsp3) is 0.375. The molecule has 0 bridgehead atoms. The number of benzene rings is 1. The van der Waals surface area contributed by atoms with Crippen molar-refractivity contribution in [3.8, 4) is 0 Å². The van der Waals surface area contributed by atoms with E-state index >= 15 is 0 Å². The van der Waals surface area contributed by atoms with Crippen molar-refractivity contribution >= 4 is 22.5 Å². The second-order valence-corrected chi connectivity index (χ2v) is 5.15. The molecule has 0 aliphatic heterocycles. The molecular weight excluding hydrogens is 250 g/mol. The van der Waals surface area contributed by atoms with E-state index in [-0.39, 0.29) is 11.8 Å². The fourth-order valence-electron chi connectivity index (χ4n) is 2.22. The number of aromatic nitrogens is 1. The van der Waals surface area contributed by atoms with E-state index in [1.54, 1.807) is 0 Å². The van der Waals surface area contributed by atoms with E-state index in [1.165, 1.54) is 0 Å². The van der Waals surface area contributed by atoms with Crippen LogP contribution in [0.25, 0.3) is 10.9 Å². The van der Waals surface area contributed by atoms with Crippen LogP contribution in [0.2, 0.25) is 0 Å². The molecule has 1 atom stereocenters. The predicted octanol–water partition coefficient (Wildman–Crippen LogP) is 2.86.